The van der Waals surface area contributed by atoms with Gasteiger partial charge in [0.2, 0.25) is 0 Å². The average molecular weight is 397 g/mol. The van der Waals surface area contributed by atoms with Crippen molar-refractivity contribution in [3.63, 3.8) is 0 Å². The maximum atomic E-state index is 14.1. The normalized spacial score (nSPS) is 14.8. The summed E-state index contributed by atoms with van der Waals surface area (Å²) in [6, 6.07) is 11.8. The SMILES string of the molecule is Cc1c(COc2ccc(F)c(OCC3CCOCC3)c2)[nH]c2ccccc2c1=O. The van der Waals surface area contributed by atoms with Crippen LogP contribution in [0.1, 0.15) is 24.1 Å². The van der Waals surface area contributed by atoms with Crippen molar-refractivity contribution in [3.05, 3.63) is 69.8 Å². The zero-order valence-corrected chi connectivity index (χ0v) is 16.4. The molecule has 2 heterocycles. The number of H-pyrrole nitrogens is 1. The van der Waals surface area contributed by atoms with Crippen LogP contribution in [0.2, 0.25) is 0 Å². The van der Waals surface area contributed by atoms with Crippen LogP contribution in [0.15, 0.2) is 47.3 Å². The van der Waals surface area contributed by atoms with E-state index in [0.29, 0.717) is 34.9 Å². The van der Waals surface area contributed by atoms with Crippen LogP contribution in [-0.4, -0.2) is 24.8 Å². The van der Waals surface area contributed by atoms with Crippen LogP contribution < -0.4 is 14.9 Å². The van der Waals surface area contributed by atoms with Crippen LogP contribution in [0, 0.1) is 18.7 Å². The minimum atomic E-state index is -0.417. The van der Waals surface area contributed by atoms with Crippen molar-refractivity contribution in [2.45, 2.75) is 26.4 Å². The summed E-state index contributed by atoms with van der Waals surface area (Å²) >= 11 is 0. The number of aromatic nitrogens is 1. The molecule has 1 aliphatic heterocycles. The summed E-state index contributed by atoms with van der Waals surface area (Å²) in [5, 5.41) is 0.652. The smallest absolute Gasteiger partial charge is 0.192 e. The molecule has 1 saturated heterocycles. The molecule has 2 aromatic carbocycles. The number of rotatable bonds is 6. The van der Waals surface area contributed by atoms with Crippen LogP contribution in [0.3, 0.4) is 0 Å². The molecule has 152 valence electrons. The Hall–Kier alpha value is -2.86. The maximum Gasteiger partial charge on any atom is 0.192 e. The number of para-hydroxylation sites is 1. The average Bonchev–Trinajstić information content (AvgIpc) is 2.76. The van der Waals surface area contributed by atoms with Gasteiger partial charge in [-0.15, -0.1) is 0 Å². The van der Waals surface area contributed by atoms with Crippen molar-refractivity contribution in [2.75, 3.05) is 19.8 Å². The first kappa shape index (κ1) is 19.5. The molecule has 4 rings (SSSR count). The Bertz CT molecular complexity index is 1060. The third kappa shape index (κ3) is 4.43. The fourth-order valence-electron chi connectivity index (χ4n) is 3.49. The molecule has 1 N–H and O–H groups in total. The van der Waals surface area contributed by atoms with E-state index in [4.69, 9.17) is 14.2 Å². The molecule has 29 heavy (non-hydrogen) atoms. The van der Waals surface area contributed by atoms with Crippen molar-refractivity contribution in [1.29, 1.82) is 0 Å². The highest BCUT2D eigenvalue weighted by Gasteiger charge is 2.16. The molecule has 0 aliphatic carbocycles. The maximum absolute atomic E-state index is 14.1. The molecule has 5 nitrogen and oxygen atoms in total. The molecular formula is C23H24FNO4. The predicted octanol–water partition coefficient (Wildman–Crippen LogP) is 4.36. The summed E-state index contributed by atoms with van der Waals surface area (Å²) in [5.74, 6) is 0.622. The van der Waals surface area contributed by atoms with Gasteiger partial charge < -0.3 is 19.2 Å². The van der Waals surface area contributed by atoms with E-state index in [9.17, 15) is 9.18 Å². The lowest BCUT2D eigenvalue weighted by atomic mass is 10.0. The fourth-order valence-corrected chi connectivity index (χ4v) is 3.49. The van der Waals surface area contributed by atoms with E-state index in [1.807, 2.05) is 18.2 Å². The molecule has 1 aromatic heterocycles. The number of hydrogen-bond donors (Lipinski definition) is 1. The summed E-state index contributed by atoms with van der Waals surface area (Å²) in [7, 11) is 0. The van der Waals surface area contributed by atoms with Crippen molar-refractivity contribution in [2.24, 2.45) is 5.92 Å². The molecular weight excluding hydrogens is 373 g/mol. The number of hydrogen-bond acceptors (Lipinski definition) is 4. The van der Waals surface area contributed by atoms with Gasteiger partial charge in [-0.05, 0) is 49.9 Å². The van der Waals surface area contributed by atoms with Crippen molar-refractivity contribution in [3.8, 4) is 11.5 Å². The third-order valence-corrected chi connectivity index (χ3v) is 5.35. The Kier molecular flexibility index (Phi) is 5.81. The number of aromatic amines is 1. The molecule has 0 radical (unpaired) electrons. The minimum Gasteiger partial charge on any atom is -0.490 e. The topological polar surface area (TPSA) is 60.6 Å². The van der Waals surface area contributed by atoms with Crippen LogP contribution in [0.25, 0.3) is 10.9 Å². The molecule has 0 atom stereocenters. The Labute approximate surface area is 168 Å². The number of fused-ring (bicyclic) bond motifs is 1. The Morgan fingerprint density at radius 2 is 1.93 bits per heavy atom. The highest BCUT2D eigenvalue weighted by atomic mass is 19.1. The van der Waals surface area contributed by atoms with Crippen molar-refractivity contribution < 1.29 is 18.6 Å². The summed E-state index contributed by atoms with van der Waals surface area (Å²) in [5.41, 5.74) is 2.06. The largest absolute Gasteiger partial charge is 0.490 e. The second-order valence-corrected chi connectivity index (χ2v) is 7.35. The van der Waals surface area contributed by atoms with E-state index in [1.54, 1.807) is 25.1 Å². The quantitative estimate of drug-likeness (QED) is 0.671. The zero-order valence-electron chi connectivity index (χ0n) is 16.4. The minimum absolute atomic E-state index is 0.0162. The van der Waals surface area contributed by atoms with Crippen LogP contribution >= 0.6 is 0 Å². The highest BCUT2D eigenvalue weighted by Crippen LogP contribution is 2.26. The Morgan fingerprint density at radius 1 is 1.14 bits per heavy atom. The van der Waals surface area contributed by atoms with Gasteiger partial charge in [-0.1, -0.05) is 12.1 Å². The van der Waals surface area contributed by atoms with Crippen molar-refractivity contribution >= 4 is 10.9 Å². The molecule has 3 aromatic rings. The van der Waals surface area contributed by atoms with E-state index in [1.165, 1.54) is 6.07 Å². The van der Waals surface area contributed by atoms with Crippen LogP contribution in [-0.2, 0) is 11.3 Å². The summed E-state index contributed by atoms with van der Waals surface area (Å²) in [4.78, 5) is 15.8. The second-order valence-electron chi connectivity index (χ2n) is 7.35. The fraction of sp³-hybridized carbons (Fsp3) is 0.348. The highest BCUT2D eigenvalue weighted by molar-refractivity contribution is 5.79. The van der Waals surface area contributed by atoms with Gasteiger partial charge in [0.1, 0.15) is 12.4 Å². The molecule has 0 bridgehead atoms. The van der Waals surface area contributed by atoms with E-state index < -0.39 is 5.82 Å². The first-order chi connectivity index (χ1) is 14.1. The molecule has 0 amide bonds. The predicted molar refractivity (Wildman–Crippen MR) is 109 cm³/mol. The number of benzene rings is 2. The van der Waals surface area contributed by atoms with E-state index in [-0.39, 0.29) is 17.8 Å². The molecule has 0 spiro atoms. The summed E-state index contributed by atoms with van der Waals surface area (Å²) in [6.07, 6.45) is 1.85. The van der Waals surface area contributed by atoms with Gasteiger partial charge in [-0.2, -0.15) is 0 Å². The third-order valence-electron chi connectivity index (χ3n) is 5.35. The van der Waals surface area contributed by atoms with Gasteiger partial charge in [0.05, 0.1) is 12.3 Å². The first-order valence-corrected chi connectivity index (χ1v) is 9.85. The lowest BCUT2D eigenvalue weighted by molar-refractivity contribution is 0.0491. The lowest BCUT2D eigenvalue weighted by Gasteiger charge is -2.22. The van der Waals surface area contributed by atoms with Crippen LogP contribution in [0.5, 0.6) is 11.5 Å². The van der Waals surface area contributed by atoms with Crippen LogP contribution in [0.4, 0.5) is 4.39 Å². The number of nitrogens with one attached hydrogen (secondary N) is 1. The van der Waals surface area contributed by atoms with E-state index >= 15 is 0 Å². The summed E-state index contributed by atoms with van der Waals surface area (Å²) < 4.78 is 31.0. The molecule has 1 aliphatic rings. The molecule has 0 saturated carbocycles. The molecule has 1 fully saturated rings. The standard InChI is InChI=1S/C23H24FNO4/c1-15-21(25-20-5-3-2-4-18(20)23(15)26)14-28-17-6-7-19(24)22(12-17)29-13-16-8-10-27-11-9-16/h2-7,12,16H,8-11,13-14H2,1H3,(H,25,26). The van der Waals surface area contributed by atoms with Gasteiger partial charge in [-0.3, -0.25) is 4.79 Å². The lowest BCUT2D eigenvalue weighted by Crippen LogP contribution is -2.21. The second kappa shape index (κ2) is 8.66. The van der Waals surface area contributed by atoms with Crippen molar-refractivity contribution in [1.82, 2.24) is 4.98 Å². The van der Waals surface area contributed by atoms with E-state index in [2.05, 4.69) is 4.98 Å². The first-order valence-electron chi connectivity index (χ1n) is 9.85. The Morgan fingerprint density at radius 3 is 2.76 bits per heavy atom. The molecule has 6 heteroatoms. The van der Waals surface area contributed by atoms with Gasteiger partial charge in [0, 0.05) is 35.7 Å². The number of ether oxygens (including phenoxy) is 3. The van der Waals surface area contributed by atoms with Gasteiger partial charge in [0.15, 0.2) is 17.0 Å². The molecule has 0 unspecified atom stereocenters. The monoisotopic (exact) mass is 397 g/mol. The summed E-state index contributed by atoms with van der Waals surface area (Å²) in [6.45, 7) is 3.86. The Balaban J connectivity index is 1.46. The van der Waals surface area contributed by atoms with Gasteiger partial charge >= 0.3 is 0 Å². The van der Waals surface area contributed by atoms with Gasteiger partial charge in [0.25, 0.3) is 0 Å². The zero-order chi connectivity index (χ0) is 20.2. The van der Waals surface area contributed by atoms with E-state index in [0.717, 1.165) is 31.6 Å². The number of pyridine rings is 1. The van der Waals surface area contributed by atoms with Gasteiger partial charge in [-0.25, -0.2) is 4.39 Å². The number of halogens is 1.